The van der Waals surface area contributed by atoms with Gasteiger partial charge in [-0.15, -0.1) is 0 Å². The van der Waals surface area contributed by atoms with E-state index < -0.39 is 0 Å². The largest absolute Gasteiger partial charge is 0.299 e. The summed E-state index contributed by atoms with van der Waals surface area (Å²) < 4.78 is 0. The lowest BCUT2D eigenvalue weighted by atomic mass is 10.1. The molecule has 23 heavy (non-hydrogen) atoms. The molecule has 0 aromatic rings. The smallest absolute Gasteiger partial charge is 0.142 e. The Kier molecular flexibility index (Phi) is 19.4. The van der Waals surface area contributed by atoms with Crippen molar-refractivity contribution < 1.29 is 4.79 Å². The second kappa shape index (κ2) is 20.6. The zero-order valence-electron chi connectivity index (χ0n) is 15.1. The first-order chi connectivity index (χ1) is 11.4. The Labute approximate surface area is 144 Å². The molecule has 0 unspecified atom stereocenters. The average Bonchev–Trinajstić information content (AvgIpc) is 2.57. The summed E-state index contributed by atoms with van der Waals surface area (Å²) in [5, 5.41) is 0. The maximum absolute atomic E-state index is 10.0. The lowest BCUT2D eigenvalue weighted by molar-refractivity contribution is -0.104. The molecule has 1 heteroatoms. The van der Waals surface area contributed by atoms with Gasteiger partial charge in [0.25, 0.3) is 0 Å². The maximum Gasteiger partial charge on any atom is 0.142 e. The average molecular weight is 317 g/mol. The second-order valence-corrected chi connectivity index (χ2v) is 6.04. The lowest BCUT2D eigenvalue weighted by Crippen LogP contribution is -1.81. The topological polar surface area (TPSA) is 17.1 Å². The number of hydrogen-bond acceptors (Lipinski definition) is 1. The molecule has 1 nitrogen and oxygen atoms in total. The van der Waals surface area contributed by atoms with Crippen LogP contribution < -0.4 is 0 Å². The molecule has 0 saturated carbocycles. The van der Waals surface area contributed by atoms with Crippen LogP contribution in [0.15, 0.2) is 48.6 Å². The van der Waals surface area contributed by atoms with Gasteiger partial charge in [-0.3, -0.25) is 4.79 Å². The van der Waals surface area contributed by atoms with Crippen LogP contribution in [0.4, 0.5) is 0 Å². The van der Waals surface area contributed by atoms with Crippen LogP contribution in [0.25, 0.3) is 0 Å². The SMILES string of the molecule is CCCCCCCCCCCCC/C=C/C=C\C=C\C=C\C=O. The minimum absolute atomic E-state index is 0.779. The van der Waals surface area contributed by atoms with Gasteiger partial charge in [0, 0.05) is 0 Å². The van der Waals surface area contributed by atoms with E-state index >= 15 is 0 Å². The summed E-state index contributed by atoms with van der Waals surface area (Å²) in [6.07, 6.45) is 32.7. The van der Waals surface area contributed by atoms with Crippen LogP contribution in [-0.2, 0) is 4.79 Å². The predicted molar refractivity (Wildman–Crippen MR) is 104 cm³/mol. The summed E-state index contributed by atoms with van der Waals surface area (Å²) in [5.74, 6) is 0. The first-order valence-electron chi connectivity index (χ1n) is 9.52. The molecule has 0 rings (SSSR count). The summed E-state index contributed by atoms with van der Waals surface area (Å²) in [6.45, 7) is 2.28. The van der Waals surface area contributed by atoms with Crippen molar-refractivity contribution >= 4 is 6.29 Å². The molecule has 0 N–H and O–H groups in total. The number of allylic oxidation sites excluding steroid dienone is 8. The lowest BCUT2D eigenvalue weighted by Gasteiger charge is -2.01. The van der Waals surface area contributed by atoms with Crippen molar-refractivity contribution in [3.05, 3.63) is 48.6 Å². The molecular formula is C22H36O. The quantitative estimate of drug-likeness (QED) is 0.128. The van der Waals surface area contributed by atoms with Crippen LogP contribution in [0.2, 0.25) is 0 Å². The molecule has 0 bridgehead atoms. The van der Waals surface area contributed by atoms with E-state index in [0.717, 1.165) is 6.29 Å². The molecule has 0 aliphatic rings. The molecular weight excluding hydrogens is 280 g/mol. The van der Waals surface area contributed by atoms with Gasteiger partial charge < -0.3 is 0 Å². The zero-order valence-corrected chi connectivity index (χ0v) is 15.1. The van der Waals surface area contributed by atoms with Gasteiger partial charge in [-0.25, -0.2) is 0 Å². The summed E-state index contributed by atoms with van der Waals surface area (Å²) in [5.41, 5.74) is 0. The fourth-order valence-corrected chi connectivity index (χ4v) is 2.47. The zero-order chi connectivity index (χ0) is 16.8. The fourth-order valence-electron chi connectivity index (χ4n) is 2.47. The summed E-state index contributed by atoms with van der Waals surface area (Å²) >= 11 is 0. The van der Waals surface area contributed by atoms with Crippen LogP contribution in [-0.4, -0.2) is 6.29 Å². The monoisotopic (exact) mass is 316 g/mol. The van der Waals surface area contributed by atoms with Crippen molar-refractivity contribution in [3.63, 3.8) is 0 Å². The maximum atomic E-state index is 10.0. The van der Waals surface area contributed by atoms with Crippen molar-refractivity contribution in [2.24, 2.45) is 0 Å². The molecule has 0 spiro atoms. The Hall–Kier alpha value is -1.37. The van der Waals surface area contributed by atoms with E-state index in [1.54, 1.807) is 6.08 Å². The molecule has 0 fully saturated rings. The van der Waals surface area contributed by atoms with E-state index in [4.69, 9.17) is 0 Å². The Morgan fingerprint density at radius 2 is 0.957 bits per heavy atom. The number of aldehydes is 1. The summed E-state index contributed by atoms with van der Waals surface area (Å²) in [6, 6.07) is 0. The van der Waals surface area contributed by atoms with Crippen LogP contribution in [0, 0.1) is 0 Å². The standard InChI is InChI=1S/C22H36O/c1-2-3-4-5-6-7-8-9-10-11-12-13-14-15-16-17-18-19-20-21-22-23/h14-22H,2-13H2,1H3/b15-14+,17-16-,19-18+,21-20+. The van der Waals surface area contributed by atoms with Crippen LogP contribution >= 0.6 is 0 Å². The van der Waals surface area contributed by atoms with E-state index in [9.17, 15) is 4.79 Å². The predicted octanol–water partition coefficient (Wildman–Crippen LogP) is 7.11. The van der Waals surface area contributed by atoms with Crippen molar-refractivity contribution in [1.82, 2.24) is 0 Å². The van der Waals surface area contributed by atoms with Gasteiger partial charge in [-0.05, 0) is 18.9 Å². The van der Waals surface area contributed by atoms with E-state index in [1.165, 1.54) is 83.1 Å². The number of rotatable bonds is 16. The molecule has 130 valence electrons. The van der Waals surface area contributed by atoms with Gasteiger partial charge in [0.15, 0.2) is 0 Å². The Morgan fingerprint density at radius 3 is 1.48 bits per heavy atom. The van der Waals surface area contributed by atoms with Gasteiger partial charge in [0.2, 0.25) is 0 Å². The summed E-state index contributed by atoms with van der Waals surface area (Å²) in [7, 11) is 0. The highest BCUT2D eigenvalue weighted by Crippen LogP contribution is 2.11. The molecule has 0 aliphatic carbocycles. The van der Waals surface area contributed by atoms with Crippen molar-refractivity contribution in [2.45, 2.75) is 84.0 Å². The van der Waals surface area contributed by atoms with Gasteiger partial charge in [0.05, 0.1) is 0 Å². The van der Waals surface area contributed by atoms with Gasteiger partial charge >= 0.3 is 0 Å². The summed E-state index contributed by atoms with van der Waals surface area (Å²) in [4.78, 5) is 10.0. The normalized spacial score (nSPS) is 12.4. The van der Waals surface area contributed by atoms with E-state index in [-0.39, 0.29) is 0 Å². The molecule has 0 heterocycles. The highest BCUT2D eigenvalue weighted by Gasteiger charge is 1.92. The Balaban J connectivity index is 3.24. The highest BCUT2D eigenvalue weighted by atomic mass is 16.1. The molecule has 0 aromatic carbocycles. The van der Waals surface area contributed by atoms with E-state index in [0.29, 0.717) is 0 Å². The van der Waals surface area contributed by atoms with Crippen molar-refractivity contribution in [2.75, 3.05) is 0 Å². The van der Waals surface area contributed by atoms with Crippen LogP contribution in [0.5, 0.6) is 0 Å². The Morgan fingerprint density at radius 1 is 0.522 bits per heavy atom. The first-order valence-corrected chi connectivity index (χ1v) is 9.52. The molecule has 0 saturated heterocycles. The van der Waals surface area contributed by atoms with Gasteiger partial charge in [-0.2, -0.15) is 0 Å². The van der Waals surface area contributed by atoms with E-state index in [2.05, 4.69) is 19.1 Å². The van der Waals surface area contributed by atoms with Gasteiger partial charge in [-0.1, -0.05) is 114 Å². The van der Waals surface area contributed by atoms with Gasteiger partial charge in [0.1, 0.15) is 6.29 Å². The highest BCUT2D eigenvalue weighted by molar-refractivity contribution is 5.65. The number of hydrogen-bond donors (Lipinski definition) is 0. The second-order valence-electron chi connectivity index (χ2n) is 6.04. The molecule has 0 aliphatic heterocycles. The fraction of sp³-hybridized carbons (Fsp3) is 0.591. The van der Waals surface area contributed by atoms with Crippen molar-refractivity contribution in [1.29, 1.82) is 0 Å². The minimum atomic E-state index is 0.779. The minimum Gasteiger partial charge on any atom is -0.299 e. The third-order valence-corrected chi connectivity index (χ3v) is 3.86. The number of unbranched alkanes of at least 4 members (excludes halogenated alkanes) is 11. The molecule has 0 amide bonds. The first kappa shape index (κ1) is 21.6. The van der Waals surface area contributed by atoms with Crippen LogP contribution in [0.1, 0.15) is 84.0 Å². The number of carbonyl (C=O) groups is 1. The van der Waals surface area contributed by atoms with Crippen molar-refractivity contribution in [3.8, 4) is 0 Å². The number of carbonyl (C=O) groups excluding carboxylic acids is 1. The molecule has 0 aromatic heterocycles. The van der Waals surface area contributed by atoms with E-state index in [1.807, 2.05) is 24.3 Å². The molecule has 0 atom stereocenters. The Bertz CT molecular complexity index is 347. The third-order valence-electron chi connectivity index (χ3n) is 3.86. The molecule has 0 radical (unpaired) electrons. The van der Waals surface area contributed by atoms with Crippen LogP contribution in [0.3, 0.4) is 0 Å². The third kappa shape index (κ3) is 20.6.